The third kappa shape index (κ3) is 2.88. The summed E-state index contributed by atoms with van der Waals surface area (Å²) in [5.41, 5.74) is -3.12. The van der Waals surface area contributed by atoms with Crippen LogP contribution in [0.1, 0.15) is 66.7 Å². The molecule has 0 aromatic rings. The second-order valence-corrected chi connectivity index (χ2v) is 11.2. The van der Waals surface area contributed by atoms with Crippen molar-refractivity contribution >= 4 is 17.7 Å². The SMILES string of the molecule is C=C1C(=O)C23CCC4C(C)(C)C(OC(C)=O)C(O)CC4(C)C2C(OC(C)=O)CC1(O)C3. The molecular weight excluding hydrogens is 400 g/mol. The number of fused-ring (bicyclic) bond motifs is 3. The summed E-state index contributed by atoms with van der Waals surface area (Å²) in [5.74, 6) is -1.36. The van der Waals surface area contributed by atoms with Crippen LogP contribution in [0.4, 0.5) is 0 Å². The molecule has 4 rings (SSSR count). The number of Topliss-reactive ketones (excluding diaryl/α,β-unsaturated/α-hetero) is 1. The minimum atomic E-state index is -1.36. The molecule has 0 amide bonds. The van der Waals surface area contributed by atoms with Gasteiger partial charge in [-0.25, -0.2) is 0 Å². The fraction of sp³-hybridized carbons (Fsp3) is 0.792. The number of esters is 2. The zero-order valence-corrected chi connectivity index (χ0v) is 19.1. The van der Waals surface area contributed by atoms with E-state index in [0.29, 0.717) is 19.3 Å². The van der Waals surface area contributed by atoms with Crippen molar-refractivity contribution in [1.82, 2.24) is 0 Å². The molecule has 4 saturated carbocycles. The third-order valence-electron chi connectivity index (χ3n) is 9.03. The summed E-state index contributed by atoms with van der Waals surface area (Å²) in [4.78, 5) is 37.2. The zero-order chi connectivity index (χ0) is 23.1. The predicted molar refractivity (Wildman–Crippen MR) is 111 cm³/mol. The van der Waals surface area contributed by atoms with Crippen molar-refractivity contribution in [3.8, 4) is 0 Å². The van der Waals surface area contributed by atoms with E-state index in [2.05, 4.69) is 13.5 Å². The van der Waals surface area contributed by atoms with Gasteiger partial charge < -0.3 is 19.7 Å². The quantitative estimate of drug-likeness (QED) is 0.507. The van der Waals surface area contributed by atoms with E-state index in [9.17, 15) is 24.6 Å². The summed E-state index contributed by atoms with van der Waals surface area (Å²) >= 11 is 0. The molecule has 4 aliphatic rings. The first-order chi connectivity index (χ1) is 14.2. The Hall–Kier alpha value is -1.73. The highest BCUT2D eigenvalue weighted by molar-refractivity contribution is 6.05. The fourth-order valence-corrected chi connectivity index (χ4v) is 8.31. The van der Waals surface area contributed by atoms with Gasteiger partial charge in [-0.3, -0.25) is 14.4 Å². The normalized spacial score (nSPS) is 47.9. The van der Waals surface area contributed by atoms with E-state index in [1.807, 2.05) is 13.8 Å². The Bertz CT molecular complexity index is 862. The van der Waals surface area contributed by atoms with E-state index in [1.165, 1.54) is 13.8 Å². The second kappa shape index (κ2) is 6.64. The zero-order valence-electron chi connectivity index (χ0n) is 19.1. The lowest BCUT2D eigenvalue weighted by Crippen LogP contribution is -2.68. The van der Waals surface area contributed by atoms with Gasteiger partial charge in [0, 0.05) is 42.6 Å². The van der Waals surface area contributed by atoms with Crippen molar-refractivity contribution in [2.24, 2.45) is 28.1 Å². The summed E-state index contributed by atoms with van der Waals surface area (Å²) in [6, 6.07) is 0. The molecule has 8 unspecified atom stereocenters. The molecule has 8 atom stereocenters. The lowest BCUT2D eigenvalue weighted by molar-refractivity contribution is -0.250. The number of aliphatic hydroxyl groups is 2. The molecule has 31 heavy (non-hydrogen) atoms. The maximum atomic E-state index is 13.5. The summed E-state index contributed by atoms with van der Waals surface area (Å²) in [6.07, 6.45) is -0.244. The highest BCUT2D eigenvalue weighted by atomic mass is 16.6. The molecule has 7 nitrogen and oxygen atoms in total. The number of ketones is 1. The van der Waals surface area contributed by atoms with Crippen molar-refractivity contribution in [2.45, 2.75) is 90.6 Å². The molecule has 172 valence electrons. The minimum absolute atomic E-state index is 0.0225. The van der Waals surface area contributed by atoms with Crippen LogP contribution in [0.3, 0.4) is 0 Å². The Morgan fingerprint density at radius 1 is 1.10 bits per heavy atom. The standard InChI is InChI=1S/C24H34O7/c1-12-19(28)23-8-7-17-21(4,5)20(31-14(3)26)15(27)9-22(17,6)18(23)16(30-13(2)25)10-24(12,29)11-23/h15-18,20,27,29H,1,7-11H2,2-6H3. The number of rotatable bonds is 2. The molecule has 0 aromatic carbocycles. The third-order valence-corrected chi connectivity index (χ3v) is 9.03. The van der Waals surface area contributed by atoms with Crippen molar-refractivity contribution in [3.05, 3.63) is 12.2 Å². The lowest BCUT2D eigenvalue weighted by atomic mass is 9.39. The molecule has 0 radical (unpaired) electrons. The van der Waals surface area contributed by atoms with E-state index >= 15 is 0 Å². The van der Waals surface area contributed by atoms with Crippen LogP contribution >= 0.6 is 0 Å². The van der Waals surface area contributed by atoms with Gasteiger partial charge in [-0.05, 0) is 37.0 Å². The number of hydrogen-bond donors (Lipinski definition) is 2. The summed E-state index contributed by atoms with van der Waals surface area (Å²) in [6.45, 7) is 12.7. The lowest BCUT2D eigenvalue weighted by Gasteiger charge is -2.66. The monoisotopic (exact) mass is 434 g/mol. The molecule has 0 aromatic heterocycles. The van der Waals surface area contributed by atoms with Crippen molar-refractivity contribution in [1.29, 1.82) is 0 Å². The number of ether oxygens (including phenoxy) is 2. The minimum Gasteiger partial charge on any atom is -0.462 e. The van der Waals surface area contributed by atoms with Crippen molar-refractivity contribution in [3.63, 3.8) is 0 Å². The topological polar surface area (TPSA) is 110 Å². The number of carbonyl (C=O) groups excluding carboxylic acids is 3. The molecule has 0 saturated heterocycles. The Labute approximate surface area is 183 Å². The highest BCUT2D eigenvalue weighted by Crippen LogP contribution is 2.72. The summed E-state index contributed by atoms with van der Waals surface area (Å²) < 4.78 is 11.3. The van der Waals surface area contributed by atoms with Crippen LogP contribution in [0.2, 0.25) is 0 Å². The van der Waals surface area contributed by atoms with Crippen molar-refractivity contribution in [2.75, 3.05) is 0 Å². The highest BCUT2D eigenvalue weighted by Gasteiger charge is 2.74. The Morgan fingerprint density at radius 3 is 2.29 bits per heavy atom. The molecule has 7 heteroatoms. The van der Waals surface area contributed by atoms with Gasteiger partial charge in [0.2, 0.25) is 0 Å². The number of carbonyl (C=O) groups is 3. The summed E-state index contributed by atoms with van der Waals surface area (Å²) in [7, 11) is 0. The fourth-order valence-electron chi connectivity index (χ4n) is 8.31. The van der Waals surface area contributed by atoms with E-state index in [1.54, 1.807) is 0 Å². The van der Waals surface area contributed by atoms with Crippen LogP contribution in [0.5, 0.6) is 0 Å². The van der Waals surface area contributed by atoms with Crippen LogP contribution in [-0.4, -0.2) is 51.8 Å². The molecule has 4 aliphatic carbocycles. The first kappa shape index (κ1) is 22.5. The van der Waals surface area contributed by atoms with Gasteiger partial charge in [0.25, 0.3) is 0 Å². The maximum absolute atomic E-state index is 13.5. The first-order valence-corrected chi connectivity index (χ1v) is 11.2. The van der Waals surface area contributed by atoms with E-state index in [0.717, 1.165) is 0 Å². The molecule has 0 aliphatic heterocycles. The average molecular weight is 435 g/mol. The Morgan fingerprint density at radius 2 is 1.71 bits per heavy atom. The largest absolute Gasteiger partial charge is 0.462 e. The van der Waals surface area contributed by atoms with Crippen molar-refractivity contribution < 1.29 is 34.1 Å². The number of hydrogen-bond acceptors (Lipinski definition) is 7. The Balaban J connectivity index is 1.84. The van der Waals surface area contributed by atoms with Gasteiger partial charge in [0.1, 0.15) is 12.2 Å². The molecule has 4 fully saturated rings. The predicted octanol–water partition coefficient (Wildman–Crippen LogP) is 2.32. The van der Waals surface area contributed by atoms with Gasteiger partial charge in [-0.1, -0.05) is 27.4 Å². The molecular formula is C24H34O7. The molecule has 0 heterocycles. The second-order valence-electron chi connectivity index (χ2n) is 11.2. The van der Waals surface area contributed by atoms with Gasteiger partial charge in [0.15, 0.2) is 5.78 Å². The first-order valence-electron chi connectivity index (χ1n) is 11.2. The van der Waals surface area contributed by atoms with Gasteiger partial charge in [-0.15, -0.1) is 0 Å². The van der Waals surface area contributed by atoms with Gasteiger partial charge >= 0.3 is 11.9 Å². The smallest absolute Gasteiger partial charge is 0.303 e. The molecule has 2 N–H and O–H groups in total. The Kier molecular flexibility index (Phi) is 4.81. The summed E-state index contributed by atoms with van der Waals surface area (Å²) in [5, 5.41) is 22.3. The maximum Gasteiger partial charge on any atom is 0.303 e. The molecule has 1 spiro atoms. The van der Waals surface area contributed by atoms with Crippen LogP contribution in [-0.2, 0) is 23.9 Å². The van der Waals surface area contributed by atoms with E-state index in [-0.39, 0.29) is 36.0 Å². The van der Waals surface area contributed by atoms with Crippen LogP contribution in [0.25, 0.3) is 0 Å². The average Bonchev–Trinajstić information content (AvgIpc) is 2.75. The molecule has 2 bridgehead atoms. The van der Waals surface area contributed by atoms with Gasteiger partial charge in [-0.2, -0.15) is 0 Å². The van der Waals surface area contributed by atoms with Gasteiger partial charge in [0.05, 0.1) is 11.7 Å². The van der Waals surface area contributed by atoms with Crippen LogP contribution in [0, 0.1) is 28.1 Å². The van der Waals surface area contributed by atoms with Crippen LogP contribution in [0.15, 0.2) is 12.2 Å². The van der Waals surface area contributed by atoms with E-state index < -0.39 is 52.1 Å². The number of aliphatic hydroxyl groups excluding tert-OH is 1. The van der Waals surface area contributed by atoms with E-state index in [4.69, 9.17) is 9.47 Å². The van der Waals surface area contributed by atoms with Crippen LogP contribution < -0.4 is 0 Å².